The topological polar surface area (TPSA) is 15.8 Å². The summed E-state index contributed by atoms with van der Waals surface area (Å²) in [7, 11) is 0. The van der Waals surface area contributed by atoms with Crippen molar-refractivity contribution in [3.05, 3.63) is 66.3 Å². The van der Waals surface area contributed by atoms with Crippen LogP contribution < -0.4 is 0 Å². The number of allylic oxidation sites excluding steroid dienone is 4. The van der Waals surface area contributed by atoms with E-state index >= 15 is 0 Å². The summed E-state index contributed by atoms with van der Waals surface area (Å²) in [6, 6.07) is 15.2. The standard InChI is InChI=1S/C18H15N/c1-2-6-13(7-3-1)14-10-11-16-15-8-4-5-9-17(15)19-18(16)12-14/h1-2,4-6,8-12,19H,3,7H2. The summed E-state index contributed by atoms with van der Waals surface area (Å²) < 4.78 is 0. The molecule has 0 spiro atoms. The average molecular weight is 245 g/mol. The number of aromatic nitrogens is 1. The first-order chi connectivity index (χ1) is 9.42. The number of H-pyrrole nitrogens is 1. The van der Waals surface area contributed by atoms with Gasteiger partial charge in [-0.2, -0.15) is 0 Å². The first kappa shape index (κ1) is 10.6. The van der Waals surface area contributed by atoms with Gasteiger partial charge in [0.05, 0.1) is 0 Å². The number of para-hydroxylation sites is 1. The molecule has 92 valence electrons. The van der Waals surface area contributed by atoms with E-state index in [1.807, 2.05) is 0 Å². The first-order valence-corrected chi connectivity index (χ1v) is 6.78. The van der Waals surface area contributed by atoms with E-state index < -0.39 is 0 Å². The molecule has 0 amide bonds. The molecular weight excluding hydrogens is 230 g/mol. The highest BCUT2D eigenvalue weighted by molar-refractivity contribution is 6.07. The van der Waals surface area contributed by atoms with Gasteiger partial charge in [-0.05, 0) is 36.1 Å². The van der Waals surface area contributed by atoms with Crippen LogP contribution in [0.1, 0.15) is 18.4 Å². The Hall–Kier alpha value is -2.28. The van der Waals surface area contributed by atoms with Gasteiger partial charge in [0.25, 0.3) is 0 Å². The van der Waals surface area contributed by atoms with Gasteiger partial charge in [-0.25, -0.2) is 0 Å². The quantitative estimate of drug-likeness (QED) is 0.617. The summed E-state index contributed by atoms with van der Waals surface area (Å²) in [5.74, 6) is 0. The normalized spacial score (nSPS) is 15.1. The Morgan fingerprint density at radius 3 is 2.68 bits per heavy atom. The summed E-state index contributed by atoms with van der Waals surface area (Å²) in [5, 5.41) is 2.62. The van der Waals surface area contributed by atoms with Crippen LogP contribution in [0.25, 0.3) is 27.4 Å². The molecule has 0 radical (unpaired) electrons. The maximum atomic E-state index is 3.51. The van der Waals surface area contributed by atoms with Crippen LogP contribution in [0.4, 0.5) is 0 Å². The van der Waals surface area contributed by atoms with Crippen molar-refractivity contribution in [3.8, 4) is 0 Å². The number of rotatable bonds is 1. The fourth-order valence-electron chi connectivity index (χ4n) is 2.90. The van der Waals surface area contributed by atoms with Gasteiger partial charge in [0.15, 0.2) is 0 Å². The van der Waals surface area contributed by atoms with Gasteiger partial charge >= 0.3 is 0 Å². The van der Waals surface area contributed by atoms with E-state index in [4.69, 9.17) is 0 Å². The van der Waals surface area contributed by atoms with E-state index in [1.165, 1.54) is 32.9 Å². The predicted octanol–water partition coefficient (Wildman–Crippen LogP) is 5.05. The molecule has 1 aliphatic rings. The van der Waals surface area contributed by atoms with Crippen molar-refractivity contribution in [2.24, 2.45) is 0 Å². The molecule has 0 aliphatic heterocycles. The summed E-state index contributed by atoms with van der Waals surface area (Å²) in [4.78, 5) is 3.51. The van der Waals surface area contributed by atoms with Gasteiger partial charge in [-0.15, -0.1) is 0 Å². The van der Waals surface area contributed by atoms with Crippen molar-refractivity contribution >= 4 is 27.4 Å². The minimum Gasteiger partial charge on any atom is -0.354 e. The third-order valence-electron chi connectivity index (χ3n) is 3.89. The van der Waals surface area contributed by atoms with Gasteiger partial charge in [-0.1, -0.05) is 48.6 Å². The van der Waals surface area contributed by atoms with Crippen LogP contribution >= 0.6 is 0 Å². The van der Waals surface area contributed by atoms with E-state index in [0.29, 0.717) is 0 Å². The lowest BCUT2D eigenvalue weighted by Crippen LogP contribution is -1.87. The van der Waals surface area contributed by atoms with E-state index in [9.17, 15) is 0 Å². The van der Waals surface area contributed by atoms with E-state index in [0.717, 1.165) is 12.8 Å². The minimum absolute atomic E-state index is 1.14. The molecule has 1 nitrogen and oxygen atoms in total. The summed E-state index contributed by atoms with van der Waals surface area (Å²) in [5.41, 5.74) is 5.22. The highest BCUT2D eigenvalue weighted by Gasteiger charge is 2.07. The summed E-state index contributed by atoms with van der Waals surface area (Å²) in [6.07, 6.45) is 8.91. The summed E-state index contributed by atoms with van der Waals surface area (Å²) in [6.45, 7) is 0. The third-order valence-corrected chi connectivity index (χ3v) is 3.89. The van der Waals surface area contributed by atoms with Crippen LogP contribution in [0.3, 0.4) is 0 Å². The Labute approximate surface area is 112 Å². The molecule has 1 heterocycles. The van der Waals surface area contributed by atoms with Crippen molar-refractivity contribution in [1.82, 2.24) is 4.98 Å². The second-order valence-electron chi connectivity index (χ2n) is 5.09. The van der Waals surface area contributed by atoms with Gasteiger partial charge in [-0.3, -0.25) is 0 Å². The molecule has 1 aromatic heterocycles. The van der Waals surface area contributed by atoms with Crippen molar-refractivity contribution in [2.45, 2.75) is 12.8 Å². The zero-order chi connectivity index (χ0) is 12.7. The van der Waals surface area contributed by atoms with Crippen LogP contribution in [-0.2, 0) is 0 Å². The number of hydrogen-bond acceptors (Lipinski definition) is 0. The zero-order valence-corrected chi connectivity index (χ0v) is 10.7. The van der Waals surface area contributed by atoms with Crippen molar-refractivity contribution in [1.29, 1.82) is 0 Å². The van der Waals surface area contributed by atoms with E-state index in [-0.39, 0.29) is 0 Å². The highest BCUT2D eigenvalue weighted by atomic mass is 14.7. The molecule has 1 heteroatoms. The van der Waals surface area contributed by atoms with Gasteiger partial charge < -0.3 is 4.98 Å². The average Bonchev–Trinajstić information content (AvgIpc) is 2.86. The van der Waals surface area contributed by atoms with Crippen LogP contribution in [0.5, 0.6) is 0 Å². The van der Waals surface area contributed by atoms with E-state index in [2.05, 4.69) is 65.7 Å². The third kappa shape index (κ3) is 1.70. The molecule has 0 bridgehead atoms. The molecular formula is C18H15N. The molecule has 0 fully saturated rings. The second kappa shape index (κ2) is 4.13. The van der Waals surface area contributed by atoms with Crippen molar-refractivity contribution < 1.29 is 0 Å². The van der Waals surface area contributed by atoms with E-state index in [1.54, 1.807) is 0 Å². The monoisotopic (exact) mass is 245 g/mol. The first-order valence-electron chi connectivity index (χ1n) is 6.78. The number of benzene rings is 2. The molecule has 4 rings (SSSR count). The van der Waals surface area contributed by atoms with Crippen molar-refractivity contribution in [2.75, 3.05) is 0 Å². The SMILES string of the molecule is C1=CCCC(c2ccc3c(c2)[nH]c2ccccc23)=C1. The second-order valence-corrected chi connectivity index (χ2v) is 5.09. The summed E-state index contributed by atoms with van der Waals surface area (Å²) >= 11 is 0. The molecule has 1 aliphatic carbocycles. The molecule has 1 N–H and O–H groups in total. The van der Waals surface area contributed by atoms with Gasteiger partial charge in [0, 0.05) is 21.8 Å². The largest absolute Gasteiger partial charge is 0.354 e. The number of hydrogen-bond donors (Lipinski definition) is 1. The smallest absolute Gasteiger partial charge is 0.0470 e. The molecule has 0 atom stereocenters. The van der Waals surface area contributed by atoms with Crippen molar-refractivity contribution in [3.63, 3.8) is 0 Å². The Balaban J connectivity index is 1.94. The minimum atomic E-state index is 1.14. The number of fused-ring (bicyclic) bond motifs is 3. The number of nitrogens with one attached hydrogen (secondary N) is 1. The lowest BCUT2D eigenvalue weighted by molar-refractivity contribution is 1.05. The Kier molecular flexibility index (Phi) is 2.31. The molecule has 0 saturated heterocycles. The predicted molar refractivity (Wildman–Crippen MR) is 82.2 cm³/mol. The molecule has 3 aromatic rings. The Morgan fingerprint density at radius 1 is 0.895 bits per heavy atom. The number of aromatic amines is 1. The van der Waals surface area contributed by atoms with Gasteiger partial charge in [0.2, 0.25) is 0 Å². The zero-order valence-electron chi connectivity index (χ0n) is 10.7. The van der Waals surface area contributed by atoms with Gasteiger partial charge in [0.1, 0.15) is 0 Å². The Bertz CT molecular complexity index is 818. The molecule has 19 heavy (non-hydrogen) atoms. The van der Waals surface area contributed by atoms with Crippen LogP contribution in [0.15, 0.2) is 60.7 Å². The Morgan fingerprint density at radius 2 is 1.79 bits per heavy atom. The fraction of sp³-hybridized carbons (Fsp3) is 0.111. The maximum Gasteiger partial charge on any atom is 0.0470 e. The maximum absolute atomic E-state index is 3.51. The highest BCUT2D eigenvalue weighted by Crippen LogP contribution is 2.30. The fourth-order valence-corrected chi connectivity index (χ4v) is 2.90. The lowest BCUT2D eigenvalue weighted by atomic mass is 9.96. The van der Waals surface area contributed by atoms with Crippen LogP contribution in [-0.4, -0.2) is 4.98 Å². The van der Waals surface area contributed by atoms with Crippen LogP contribution in [0, 0.1) is 0 Å². The molecule has 0 unspecified atom stereocenters. The van der Waals surface area contributed by atoms with Crippen LogP contribution in [0.2, 0.25) is 0 Å². The lowest BCUT2D eigenvalue weighted by Gasteiger charge is -2.09. The molecule has 0 saturated carbocycles. The molecule has 2 aromatic carbocycles.